The molecule has 13 nitrogen and oxygen atoms in total. The molecule has 310 valence electrons. The molecular weight excluding hydrogens is 747 g/mol. The number of hydrogen-bond donors (Lipinski definition) is 3. The molecule has 3 N–H and O–H groups in total. The lowest BCUT2D eigenvalue weighted by Gasteiger charge is -2.36. The summed E-state index contributed by atoms with van der Waals surface area (Å²) < 4.78 is 16.9. The van der Waals surface area contributed by atoms with Crippen LogP contribution in [0.2, 0.25) is 0 Å². The lowest BCUT2D eigenvalue weighted by molar-refractivity contribution is -0.138. The zero-order chi connectivity index (χ0) is 41.2. The quantitative estimate of drug-likeness (QED) is 0.142. The fourth-order valence-corrected chi connectivity index (χ4v) is 9.94. The molecular formula is C46H55N7O6. The van der Waals surface area contributed by atoms with Gasteiger partial charge in [0.2, 0.25) is 11.8 Å². The van der Waals surface area contributed by atoms with Crippen molar-refractivity contribution >= 4 is 39.7 Å². The first kappa shape index (κ1) is 39.1. The predicted molar refractivity (Wildman–Crippen MR) is 224 cm³/mol. The zero-order valence-corrected chi connectivity index (χ0v) is 34.9. The molecule has 2 aromatic heterocycles. The lowest BCUT2D eigenvalue weighted by atomic mass is 9.79. The van der Waals surface area contributed by atoms with Crippen LogP contribution in [0.25, 0.3) is 44.2 Å². The molecule has 0 bridgehead atoms. The maximum absolute atomic E-state index is 14.0. The van der Waals surface area contributed by atoms with Gasteiger partial charge in [0.25, 0.3) is 0 Å². The molecule has 3 fully saturated rings. The Balaban J connectivity index is 0.960. The Morgan fingerprint density at radius 1 is 0.932 bits per heavy atom. The van der Waals surface area contributed by atoms with E-state index in [0.717, 1.165) is 119 Å². The average molecular weight is 802 g/mol. The van der Waals surface area contributed by atoms with Gasteiger partial charge in [-0.05, 0) is 110 Å². The van der Waals surface area contributed by atoms with E-state index in [1.54, 1.807) is 0 Å². The molecule has 9 rings (SSSR count). The summed E-state index contributed by atoms with van der Waals surface area (Å²) in [5.74, 6) is 2.32. The number of rotatable bonds is 8. The minimum atomic E-state index is -0.713. The summed E-state index contributed by atoms with van der Waals surface area (Å²) in [6.45, 7) is 12.1. The summed E-state index contributed by atoms with van der Waals surface area (Å²) in [4.78, 5) is 60.9. The van der Waals surface area contributed by atoms with Crippen LogP contribution in [0.15, 0.2) is 48.7 Å². The Kier molecular flexibility index (Phi) is 10.1. The highest BCUT2D eigenvalue weighted by molar-refractivity contribution is 6.07. The molecule has 59 heavy (non-hydrogen) atoms. The lowest BCUT2D eigenvalue weighted by Crippen LogP contribution is -2.52. The molecule has 0 aliphatic carbocycles. The second-order valence-corrected chi connectivity index (χ2v) is 17.9. The second-order valence-electron chi connectivity index (χ2n) is 17.9. The van der Waals surface area contributed by atoms with Crippen LogP contribution >= 0.6 is 0 Å². The van der Waals surface area contributed by atoms with E-state index in [2.05, 4.69) is 70.4 Å². The number of ether oxygens (including phenoxy) is 3. The van der Waals surface area contributed by atoms with Gasteiger partial charge in [-0.3, -0.25) is 9.59 Å². The third kappa shape index (κ3) is 7.10. The van der Waals surface area contributed by atoms with Gasteiger partial charge < -0.3 is 39.3 Å². The van der Waals surface area contributed by atoms with E-state index in [1.807, 2.05) is 37.9 Å². The molecule has 4 aliphatic rings. The van der Waals surface area contributed by atoms with Crippen molar-refractivity contribution < 1.29 is 28.6 Å². The molecule has 3 amide bonds. The Hall–Kier alpha value is -5.43. The molecule has 4 aliphatic heterocycles. The van der Waals surface area contributed by atoms with Crippen molar-refractivity contribution in [2.24, 2.45) is 11.3 Å². The third-order valence-electron chi connectivity index (χ3n) is 13.5. The van der Waals surface area contributed by atoms with Gasteiger partial charge in [0.1, 0.15) is 30.0 Å². The highest BCUT2D eigenvalue weighted by Crippen LogP contribution is 2.45. The number of fused-ring (bicyclic) bond motifs is 6. The molecule has 13 heteroatoms. The Morgan fingerprint density at radius 2 is 1.68 bits per heavy atom. The number of nitrogens with zero attached hydrogens (tertiary/aromatic N) is 4. The van der Waals surface area contributed by atoms with E-state index >= 15 is 0 Å². The van der Waals surface area contributed by atoms with Gasteiger partial charge in [-0.25, -0.2) is 14.8 Å². The molecule has 1 unspecified atom stereocenters. The Morgan fingerprint density at radius 3 is 2.42 bits per heavy atom. The van der Waals surface area contributed by atoms with Gasteiger partial charge in [0, 0.05) is 42.7 Å². The number of likely N-dealkylation sites (tertiary alicyclic amines) is 2. The number of hydrogen-bond acceptors (Lipinski definition) is 8. The monoisotopic (exact) mass is 801 g/mol. The van der Waals surface area contributed by atoms with E-state index in [9.17, 15) is 14.4 Å². The normalized spacial score (nSPS) is 23.0. The van der Waals surface area contributed by atoms with Crippen LogP contribution in [0.3, 0.4) is 0 Å². The maximum atomic E-state index is 14.0. The number of benzene rings is 3. The standard InChI is InChI=1S/C46H55N7O6/c1-25(2)40(51-45(56)57-6)44(55)53-27(4)8-14-37(53)43-48-34-12-10-28-20-33-31-11-9-29(19-30(31)24-59-38(33)21-32(28)41(34)50-43)35-23-47-42(49-35)36-13-7-26(3)52(36)39(54)22-46(5)15-17-58-18-16-46/h9-12,19-21,23,25-27,36-37,40H,7-8,13-18,22,24H2,1-6H3,(H,47,49)(H,48,50)(H,51,56)/t26-,27-,36-,37-,40?/m0/s1. The average Bonchev–Trinajstić information content (AvgIpc) is 4.04. The number of aromatic amines is 2. The molecule has 5 atom stereocenters. The summed E-state index contributed by atoms with van der Waals surface area (Å²) in [5.41, 5.74) is 6.88. The van der Waals surface area contributed by atoms with Crippen molar-refractivity contribution in [1.82, 2.24) is 35.1 Å². The summed E-state index contributed by atoms with van der Waals surface area (Å²) >= 11 is 0. The van der Waals surface area contributed by atoms with Gasteiger partial charge in [-0.2, -0.15) is 0 Å². The smallest absolute Gasteiger partial charge is 0.407 e. The first-order valence-corrected chi connectivity index (χ1v) is 21.2. The third-order valence-corrected chi connectivity index (χ3v) is 13.5. The van der Waals surface area contributed by atoms with E-state index in [1.165, 1.54) is 7.11 Å². The van der Waals surface area contributed by atoms with E-state index in [0.29, 0.717) is 13.0 Å². The van der Waals surface area contributed by atoms with E-state index in [4.69, 9.17) is 24.2 Å². The summed E-state index contributed by atoms with van der Waals surface area (Å²) in [5, 5.41) is 4.80. The molecule has 0 spiro atoms. The van der Waals surface area contributed by atoms with Crippen molar-refractivity contribution in [1.29, 1.82) is 0 Å². The van der Waals surface area contributed by atoms with Gasteiger partial charge in [0.15, 0.2) is 0 Å². The fraction of sp³-hybridized carbons (Fsp3) is 0.500. The van der Waals surface area contributed by atoms with Gasteiger partial charge >= 0.3 is 6.09 Å². The maximum Gasteiger partial charge on any atom is 0.407 e. The van der Waals surface area contributed by atoms with Crippen LogP contribution in [0, 0.1) is 11.3 Å². The highest BCUT2D eigenvalue weighted by atomic mass is 16.5. The molecule has 5 aromatic rings. The number of methoxy groups -OCH3 is 1. The molecule has 0 saturated carbocycles. The topological polar surface area (TPSA) is 155 Å². The number of alkyl carbamates (subject to hydrolysis) is 1. The minimum Gasteiger partial charge on any atom is -0.488 e. The molecule has 0 radical (unpaired) electrons. The van der Waals surface area contributed by atoms with Crippen LogP contribution in [0.1, 0.15) is 109 Å². The number of carbonyl (C=O) groups is 3. The minimum absolute atomic E-state index is 0.0114. The largest absolute Gasteiger partial charge is 0.488 e. The van der Waals surface area contributed by atoms with Crippen molar-refractivity contribution in [2.45, 2.75) is 116 Å². The Labute approximate surface area is 344 Å². The van der Waals surface area contributed by atoms with Crippen molar-refractivity contribution in [3.05, 3.63) is 65.9 Å². The fourth-order valence-electron chi connectivity index (χ4n) is 9.94. The first-order valence-electron chi connectivity index (χ1n) is 21.2. The predicted octanol–water partition coefficient (Wildman–Crippen LogP) is 8.36. The highest BCUT2D eigenvalue weighted by Gasteiger charge is 2.42. The molecule has 6 heterocycles. The summed E-state index contributed by atoms with van der Waals surface area (Å²) in [6.07, 6.45) is 7.08. The van der Waals surface area contributed by atoms with Crippen LogP contribution in [0.4, 0.5) is 4.79 Å². The molecule has 3 aromatic carbocycles. The van der Waals surface area contributed by atoms with Crippen LogP contribution in [-0.2, 0) is 25.7 Å². The summed E-state index contributed by atoms with van der Waals surface area (Å²) in [7, 11) is 1.30. The van der Waals surface area contributed by atoms with Crippen molar-refractivity contribution in [2.75, 3.05) is 20.3 Å². The Bertz CT molecular complexity index is 2430. The van der Waals surface area contributed by atoms with Gasteiger partial charge in [-0.1, -0.05) is 39.0 Å². The van der Waals surface area contributed by atoms with Gasteiger partial charge in [-0.15, -0.1) is 0 Å². The van der Waals surface area contributed by atoms with E-state index in [-0.39, 0.29) is 47.3 Å². The number of aromatic nitrogens is 4. The SMILES string of the molecule is COC(=O)NC(C(=O)N1[C@@H](C)CC[C@H]1c1nc2ccc3cc4c(cc3c2[nH]1)OCc1cc(-c2cnc([C@@H]3CC[C@H](C)N3C(=O)CC3(C)CCOCC3)[nH]2)ccc1-4)C(C)C. The number of imidazole rings is 2. The van der Waals surface area contributed by atoms with E-state index < -0.39 is 12.1 Å². The number of nitrogens with one attached hydrogen (secondary N) is 3. The van der Waals surface area contributed by atoms with Gasteiger partial charge in [0.05, 0.1) is 42.1 Å². The zero-order valence-electron chi connectivity index (χ0n) is 34.9. The second kappa shape index (κ2) is 15.3. The van der Waals surface area contributed by atoms with Crippen molar-refractivity contribution in [3.8, 4) is 28.1 Å². The molecule has 3 saturated heterocycles. The van der Waals surface area contributed by atoms with Crippen LogP contribution in [-0.4, -0.2) is 86.1 Å². The number of H-pyrrole nitrogens is 2. The first-order chi connectivity index (χ1) is 28.4. The van der Waals surface area contributed by atoms with Crippen LogP contribution < -0.4 is 10.1 Å². The van der Waals surface area contributed by atoms with Crippen molar-refractivity contribution in [3.63, 3.8) is 0 Å². The van der Waals surface area contributed by atoms with Crippen LogP contribution in [0.5, 0.6) is 5.75 Å². The number of amides is 3. The summed E-state index contributed by atoms with van der Waals surface area (Å²) in [6, 6.07) is 14.0. The number of carbonyl (C=O) groups excluding carboxylic acids is 3.